The Morgan fingerprint density at radius 3 is 2.50 bits per heavy atom. The molecule has 0 spiro atoms. The predicted molar refractivity (Wildman–Crippen MR) is 70.8 cm³/mol. The van der Waals surface area contributed by atoms with Crippen molar-refractivity contribution < 1.29 is 9.53 Å². The van der Waals surface area contributed by atoms with Crippen molar-refractivity contribution in [2.45, 2.75) is 0 Å². The molecule has 0 aliphatic rings. The molecule has 0 aromatic heterocycles. The molecule has 0 atom stereocenters. The van der Waals surface area contributed by atoms with Crippen LogP contribution in [-0.2, 0) is 0 Å². The third-order valence-corrected chi connectivity index (χ3v) is 3.03. The molecule has 2 rings (SSSR count). The average molecular weight is 302 g/mol. The van der Waals surface area contributed by atoms with E-state index in [1.54, 1.807) is 42.5 Å². The lowest BCUT2D eigenvalue weighted by atomic mass is 10.2. The molecular weight excluding hydrogens is 294 g/mol. The standard InChI is InChI=1S/C14H8BrNO2/c15-13-2-1-3-14(12(13)9-17)18-11-6-4-10(8-16)5-7-11/h1-7,9H. The first-order chi connectivity index (χ1) is 8.74. The summed E-state index contributed by atoms with van der Waals surface area (Å²) < 4.78 is 6.29. The molecule has 0 amide bonds. The molecule has 0 fully saturated rings. The van der Waals surface area contributed by atoms with Crippen LogP contribution in [0.1, 0.15) is 15.9 Å². The molecular formula is C14H8BrNO2. The van der Waals surface area contributed by atoms with Gasteiger partial charge in [-0.15, -0.1) is 0 Å². The summed E-state index contributed by atoms with van der Waals surface area (Å²) in [4.78, 5) is 11.0. The van der Waals surface area contributed by atoms with Gasteiger partial charge in [-0.3, -0.25) is 4.79 Å². The number of halogens is 1. The lowest BCUT2D eigenvalue weighted by molar-refractivity contribution is 0.112. The second kappa shape index (κ2) is 5.48. The smallest absolute Gasteiger partial charge is 0.154 e. The number of carbonyl (C=O) groups excluding carboxylic acids is 1. The Kier molecular flexibility index (Phi) is 3.75. The van der Waals surface area contributed by atoms with E-state index in [9.17, 15) is 4.79 Å². The molecule has 0 saturated carbocycles. The number of benzene rings is 2. The van der Waals surface area contributed by atoms with Gasteiger partial charge in [0, 0.05) is 4.47 Å². The summed E-state index contributed by atoms with van der Waals surface area (Å²) in [5, 5.41) is 8.69. The number of nitriles is 1. The molecule has 18 heavy (non-hydrogen) atoms. The van der Waals surface area contributed by atoms with E-state index >= 15 is 0 Å². The highest BCUT2D eigenvalue weighted by molar-refractivity contribution is 9.10. The van der Waals surface area contributed by atoms with Crippen molar-refractivity contribution in [2.24, 2.45) is 0 Å². The molecule has 0 bridgehead atoms. The van der Waals surface area contributed by atoms with Gasteiger partial charge in [-0.25, -0.2) is 0 Å². The third-order valence-electron chi connectivity index (χ3n) is 2.34. The van der Waals surface area contributed by atoms with Crippen LogP contribution >= 0.6 is 15.9 Å². The van der Waals surface area contributed by atoms with Gasteiger partial charge in [0.2, 0.25) is 0 Å². The van der Waals surface area contributed by atoms with Crippen LogP contribution < -0.4 is 4.74 Å². The van der Waals surface area contributed by atoms with Gasteiger partial charge in [0.1, 0.15) is 11.5 Å². The van der Waals surface area contributed by atoms with E-state index in [1.807, 2.05) is 6.07 Å². The zero-order chi connectivity index (χ0) is 13.0. The minimum Gasteiger partial charge on any atom is -0.457 e. The van der Waals surface area contributed by atoms with E-state index in [-0.39, 0.29) is 0 Å². The van der Waals surface area contributed by atoms with Gasteiger partial charge in [-0.05, 0) is 52.3 Å². The molecule has 2 aromatic rings. The van der Waals surface area contributed by atoms with Crippen LogP contribution in [0.3, 0.4) is 0 Å². The lowest BCUT2D eigenvalue weighted by Gasteiger charge is -2.08. The van der Waals surface area contributed by atoms with Crippen LogP contribution in [0.4, 0.5) is 0 Å². The fraction of sp³-hybridized carbons (Fsp3) is 0. The molecule has 0 saturated heterocycles. The maximum absolute atomic E-state index is 11.0. The third kappa shape index (κ3) is 2.58. The highest BCUT2D eigenvalue weighted by atomic mass is 79.9. The molecule has 4 heteroatoms. The van der Waals surface area contributed by atoms with E-state index in [2.05, 4.69) is 15.9 Å². The Morgan fingerprint density at radius 1 is 1.17 bits per heavy atom. The normalized spacial score (nSPS) is 9.56. The van der Waals surface area contributed by atoms with Crippen LogP contribution in [0.25, 0.3) is 0 Å². The molecule has 0 radical (unpaired) electrons. The summed E-state index contributed by atoms with van der Waals surface area (Å²) >= 11 is 3.29. The SMILES string of the molecule is N#Cc1ccc(Oc2cccc(Br)c2C=O)cc1. The van der Waals surface area contributed by atoms with Crippen molar-refractivity contribution in [3.63, 3.8) is 0 Å². The molecule has 88 valence electrons. The fourth-order valence-electron chi connectivity index (χ4n) is 1.45. The molecule has 3 nitrogen and oxygen atoms in total. The van der Waals surface area contributed by atoms with E-state index in [0.29, 0.717) is 27.1 Å². The van der Waals surface area contributed by atoms with Crippen molar-refractivity contribution in [3.05, 3.63) is 58.1 Å². The van der Waals surface area contributed by atoms with Crippen LogP contribution in [0.5, 0.6) is 11.5 Å². The van der Waals surface area contributed by atoms with Gasteiger partial charge >= 0.3 is 0 Å². The first-order valence-electron chi connectivity index (χ1n) is 5.16. The van der Waals surface area contributed by atoms with Crippen molar-refractivity contribution in [1.82, 2.24) is 0 Å². The molecule has 0 N–H and O–H groups in total. The van der Waals surface area contributed by atoms with E-state index in [1.165, 1.54) is 0 Å². The van der Waals surface area contributed by atoms with Gasteiger partial charge in [0.25, 0.3) is 0 Å². The summed E-state index contributed by atoms with van der Waals surface area (Å²) in [7, 11) is 0. The number of hydrogen-bond donors (Lipinski definition) is 0. The van der Waals surface area contributed by atoms with E-state index in [4.69, 9.17) is 10.00 Å². The summed E-state index contributed by atoms with van der Waals surface area (Å²) in [5.74, 6) is 1.05. The summed E-state index contributed by atoms with van der Waals surface area (Å²) in [5.41, 5.74) is 1.02. The first kappa shape index (κ1) is 12.3. The minimum absolute atomic E-state index is 0.460. The number of ether oxygens (including phenoxy) is 1. The number of aldehydes is 1. The van der Waals surface area contributed by atoms with Crippen LogP contribution in [0, 0.1) is 11.3 Å². The van der Waals surface area contributed by atoms with Gasteiger partial charge in [0.15, 0.2) is 6.29 Å². The van der Waals surface area contributed by atoms with Gasteiger partial charge < -0.3 is 4.74 Å². The largest absolute Gasteiger partial charge is 0.457 e. The lowest BCUT2D eigenvalue weighted by Crippen LogP contribution is -1.91. The van der Waals surface area contributed by atoms with Gasteiger partial charge in [0.05, 0.1) is 17.2 Å². The molecule has 0 aliphatic carbocycles. The Labute approximate surface area is 113 Å². The number of rotatable bonds is 3. The topological polar surface area (TPSA) is 50.1 Å². The zero-order valence-corrected chi connectivity index (χ0v) is 10.8. The Balaban J connectivity index is 2.31. The van der Waals surface area contributed by atoms with Crippen molar-refractivity contribution in [1.29, 1.82) is 5.26 Å². The van der Waals surface area contributed by atoms with Crippen LogP contribution in [0.2, 0.25) is 0 Å². The first-order valence-corrected chi connectivity index (χ1v) is 5.95. The van der Waals surface area contributed by atoms with Gasteiger partial charge in [-0.2, -0.15) is 5.26 Å². The summed E-state index contributed by atoms with van der Waals surface area (Å²) in [6.45, 7) is 0. The fourth-order valence-corrected chi connectivity index (χ4v) is 1.89. The Bertz CT molecular complexity index is 615. The quantitative estimate of drug-likeness (QED) is 0.807. The number of nitrogens with zero attached hydrogens (tertiary/aromatic N) is 1. The van der Waals surface area contributed by atoms with Crippen LogP contribution in [0.15, 0.2) is 46.9 Å². The molecule has 0 unspecified atom stereocenters. The molecule has 0 heterocycles. The highest BCUT2D eigenvalue weighted by Gasteiger charge is 2.07. The van der Waals surface area contributed by atoms with Gasteiger partial charge in [-0.1, -0.05) is 6.07 Å². The minimum atomic E-state index is 0.460. The predicted octanol–water partition coefficient (Wildman–Crippen LogP) is 3.93. The second-order valence-corrected chi connectivity index (χ2v) is 4.36. The van der Waals surface area contributed by atoms with Crippen LogP contribution in [-0.4, -0.2) is 6.29 Å². The maximum Gasteiger partial charge on any atom is 0.154 e. The maximum atomic E-state index is 11.0. The van der Waals surface area contributed by atoms with Crippen molar-refractivity contribution >= 4 is 22.2 Å². The Hall–Kier alpha value is -2.12. The molecule has 2 aromatic carbocycles. The second-order valence-electron chi connectivity index (χ2n) is 3.51. The number of carbonyl (C=O) groups is 1. The Morgan fingerprint density at radius 2 is 1.89 bits per heavy atom. The van der Waals surface area contributed by atoms with E-state index < -0.39 is 0 Å². The molecule has 0 aliphatic heterocycles. The van der Waals surface area contributed by atoms with Crippen molar-refractivity contribution in [3.8, 4) is 17.6 Å². The number of hydrogen-bond acceptors (Lipinski definition) is 3. The summed E-state index contributed by atoms with van der Waals surface area (Å²) in [6.07, 6.45) is 0.739. The zero-order valence-electron chi connectivity index (χ0n) is 9.26. The average Bonchev–Trinajstić information content (AvgIpc) is 2.40. The van der Waals surface area contributed by atoms with E-state index in [0.717, 1.165) is 6.29 Å². The highest BCUT2D eigenvalue weighted by Crippen LogP contribution is 2.29. The van der Waals surface area contributed by atoms with Crippen molar-refractivity contribution in [2.75, 3.05) is 0 Å². The monoisotopic (exact) mass is 301 g/mol. The summed E-state index contributed by atoms with van der Waals surface area (Å²) in [6, 6.07) is 14.0.